The first-order chi connectivity index (χ1) is 6.38. The number of aromatic nitrogens is 1. The van der Waals surface area contributed by atoms with Gasteiger partial charge in [-0.05, 0) is 12.1 Å². The van der Waals surface area contributed by atoms with Crippen LogP contribution in [-0.2, 0) is 6.42 Å². The highest BCUT2D eigenvalue weighted by molar-refractivity contribution is 7.80. The van der Waals surface area contributed by atoms with Crippen LogP contribution in [0.1, 0.15) is 11.3 Å². The maximum atomic E-state index is 12.0. The summed E-state index contributed by atoms with van der Waals surface area (Å²) < 4.78 is 35.9. The lowest BCUT2D eigenvalue weighted by molar-refractivity contribution is -0.127. The fraction of sp³-hybridized carbons (Fsp3) is 0.250. The van der Waals surface area contributed by atoms with Crippen LogP contribution in [-0.4, -0.2) is 16.1 Å². The Labute approximate surface area is 83.9 Å². The maximum Gasteiger partial charge on any atom is 0.394 e. The van der Waals surface area contributed by atoms with Gasteiger partial charge in [-0.3, -0.25) is 4.98 Å². The van der Waals surface area contributed by atoms with Crippen molar-refractivity contribution in [2.45, 2.75) is 12.6 Å². The van der Waals surface area contributed by atoms with Crippen molar-refractivity contribution in [3.05, 3.63) is 29.6 Å². The minimum absolute atomic E-state index is 0.0656. The highest BCUT2D eigenvalue weighted by Gasteiger charge is 2.28. The van der Waals surface area contributed by atoms with Gasteiger partial charge in [0, 0.05) is 11.8 Å². The molecule has 14 heavy (non-hydrogen) atoms. The molecule has 0 aliphatic heterocycles. The highest BCUT2D eigenvalue weighted by Crippen LogP contribution is 2.20. The van der Waals surface area contributed by atoms with E-state index in [0.29, 0.717) is 5.56 Å². The van der Waals surface area contributed by atoms with Gasteiger partial charge >= 0.3 is 6.18 Å². The van der Waals surface area contributed by atoms with Crippen LogP contribution in [0.15, 0.2) is 18.3 Å². The third-order valence-electron chi connectivity index (χ3n) is 1.48. The summed E-state index contributed by atoms with van der Waals surface area (Å²) in [4.78, 5) is 3.64. The molecule has 0 radical (unpaired) electrons. The van der Waals surface area contributed by atoms with E-state index in [1.54, 1.807) is 0 Å². The van der Waals surface area contributed by atoms with Crippen LogP contribution in [0.3, 0.4) is 0 Å². The number of nitrogens with zero attached hydrogens (tertiary/aromatic N) is 1. The number of hydrogen-bond acceptors (Lipinski definition) is 2. The van der Waals surface area contributed by atoms with Gasteiger partial charge < -0.3 is 5.73 Å². The van der Waals surface area contributed by atoms with Crippen LogP contribution >= 0.6 is 12.2 Å². The molecule has 1 heterocycles. The molecule has 1 aromatic rings. The molecule has 76 valence electrons. The van der Waals surface area contributed by atoms with E-state index >= 15 is 0 Å². The van der Waals surface area contributed by atoms with E-state index in [1.807, 2.05) is 0 Å². The Kier molecular flexibility index (Phi) is 3.05. The van der Waals surface area contributed by atoms with E-state index in [1.165, 1.54) is 18.3 Å². The second-order valence-electron chi connectivity index (χ2n) is 2.69. The summed E-state index contributed by atoms with van der Waals surface area (Å²) in [6, 6.07) is 2.72. The minimum atomic E-state index is -4.26. The molecule has 6 heteroatoms. The standard InChI is InChI=1S/C8H7F3N2S/c9-8(10,11)4-6-3-5(7(12)14)1-2-13-6/h1-3H,4H2,(H2,12,14). The van der Waals surface area contributed by atoms with Crippen LogP contribution < -0.4 is 5.73 Å². The average molecular weight is 220 g/mol. The molecular weight excluding hydrogens is 213 g/mol. The van der Waals surface area contributed by atoms with E-state index in [4.69, 9.17) is 5.73 Å². The molecule has 0 amide bonds. The molecule has 0 aliphatic carbocycles. The molecule has 0 bridgehead atoms. The summed E-state index contributed by atoms with van der Waals surface area (Å²) in [5.74, 6) is 0. The Hall–Kier alpha value is -1.17. The van der Waals surface area contributed by atoms with Gasteiger partial charge in [0.05, 0.1) is 12.1 Å². The predicted molar refractivity (Wildman–Crippen MR) is 49.9 cm³/mol. The second kappa shape index (κ2) is 3.91. The second-order valence-corrected chi connectivity index (χ2v) is 3.13. The molecule has 0 atom stereocenters. The zero-order valence-corrected chi connectivity index (χ0v) is 7.82. The quantitative estimate of drug-likeness (QED) is 0.773. The van der Waals surface area contributed by atoms with Gasteiger partial charge in [-0.2, -0.15) is 13.2 Å². The van der Waals surface area contributed by atoms with Gasteiger partial charge in [-0.15, -0.1) is 0 Å². The molecule has 0 fully saturated rings. The number of rotatable bonds is 2. The first-order valence-corrected chi connectivity index (χ1v) is 4.11. The van der Waals surface area contributed by atoms with Crippen molar-refractivity contribution < 1.29 is 13.2 Å². The van der Waals surface area contributed by atoms with E-state index in [2.05, 4.69) is 17.2 Å². The largest absolute Gasteiger partial charge is 0.394 e. The third kappa shape index (κ3) is 3.29. The summed E-state index contributed by atoms with van der Waals surface area (Å²) >= 11 is 4.63. The molecular formula is C8H7F3N2S. The molecule has 0 unspecified atom stereocenters. The first-order valence-electron chi connectivity index (χ1n) is 3.70. The van der Waals surface area contributed by atoms with E-state index in [-0.39, 0.29) is 10.7 Å². The molecule has 0 aliphatic rings. The molecule has 1 aromatic heterocycles. The van der Waals surface area contributed by atoms with Gasteiger partial charge in [-0.25, -0.2) is 0 Å². The highest BCUT2D eigenvalue weighted by atomic mass is 32.1. The molecule has 0 spiro atoms. The maximum absolute atomic E-state index is 12.0. The molecule has 0 aromatic carbocycles. The monoisotopic (exact) mass is 220 g/mol. The first kappa shape index (κ1) is 10.9. The van der Waals surface area contributed by atoms with Crippen LogP contribution in [0.2, 0.25) is 0 Å². The van der Waals surface area contributed by atoms with Crippen molar-refractivity contribution in [1.82, 2.24) is 4.98 Å². The van der Waals surface area contributed by atoms with E-state index < -0.39 is 12.6 Å². The third-order valence-corrected chi connectivity index (χ3v) is 1.72. The summed E-state index contributed by atoms with van der Waals surface area (Å²) in [5.41, 5.74) is 5.59. The minimum Gasteiger partial charge on any atom is -0.389 e. The van der Waals surface area contributed by atoms with Gasteiger partial charge in [0.1, 0.15) is 4.99 Å². The number of halogens is 3. The van der Waals surface area contributed by atoms with E-state index in [9.17, 15) is 13.2 Å². The average Bonchev–Trinajstić information content (AvgIpc) is 2.01. The van der Waals surface area contributed by atoms with Crippen molar-refractivity contribution in [1.29, 1.82) is 0 Å². The number of pyridine rings is 1. The molecule has 2 nitrogen and oxygen atoms in total. The smallest absolute Gasteiger partial charge is 0.389 e. The van der Waals surface area contributed by atoms with Crippen molar-refractivity contribution >= 4 is 17.2 Å². The summed E-state index contributed by atoms with van der Waals surface area (Å²) in [5, 5.41) is 0. The summed E-state index contributed by atoms with van der Waals surface area (Å²) in [6.45, 7) is 0. The zero-order valence-electron chi connectivity index (χ0n) is 7.01. The number of hydrogen-bond donors (Lipinski definition) is 1. The Morgan fingerprint density at radius 1 is 1.50 bits per heavy atom. The molecule has 1 rings (SSSR count). The summed E-state index contributed by atoms with van der Waals surface area (Å²) in [6.07, 6.45) is -4.07. The zero-order chi connectivity index (χ0) is 10.8. The lowest BCUT2D eigenvalue weighted by atomic mass is 10.2. The van der Waals surface area contributed by atoms with Crippen LogP contribution in [0.4, 0.5) is 13.2 Å². The van der Waals surface area contributed by atoms with Gasteiger partial charge in [-0.1, -0.05) is 12.2 Å². The Balaban J connectivity index is 2.89. The van der Waals surface area contributed by atoms with Gasteiger partial charge in [0.2, 0.25) is 0 Å². The van der Waals surface area contributed by atoms with Crippen molar-refractivity contribution in [3.63, 3.8) is 0 Å². The topological polar surface area (TPSA) is 38.9 Å². The predicted octanol–water partition coefficient (Wildman–Crippen LogP) is 1.82. The lowest BCUT2D eigenvalue weighted by Gasteiger charge is -2.06. The van der Waals surface area contributed by atoms with E-state index in [0.717, 1.165) is 0 Å². The lowest BCUT2D eigenvalue weighted by Crippen LogP contribution is -2.15. The normalized spacial score (nSPS) is 11.4. The fourth-order valence-electron chi connectivity index (χ4n) is 0.933. The Bertz CT molecular complexity index is 349. The van der Waals surface area contributed by atoms with Crippen LogP contribution in [0.5, 0.6) is 0 Å². The fourth-order valence-corrected chi connectivity index (χ4v) is 1.06. The number of thiocarbonyl (C=S) groups is 1. The van der Waals surface area contributed by atoms with Gasteiger partial charge in [0.15, 0.2) is 0 Å². The molecule has 0 saturated heterocycles. The van der Waals surface area contributed by atoms with Crippen LogP contribution in [0, 0.1) is 0 Å². The Morgan fingerprint density at radius 3 is 2.64 bits per heavy atom. The SMILES string of the molecule is NC(=S)c1ccnc(CC(F)(F)F)c1. The number of alkyl halides is 3. The molecule has 2 N–H and O–H groups in total. The molecule has 0 saturated carbocycles. The van der Waals surface area contributed by atoms with Gasteiger partial charge in [0.25, 0.3) is 0 Å². The Morgan fingerprint density at radius 2 is 2.14 bits per heavy atom. The van der Waals surface area contributed by atoms with Crippen LogP contribution in [0.25, 0.3) is 0 Å². The van der Waals surface area contributed by atoms with Crippen molar-refractivity contribution in [2.24, 2.45) is 5.73 Å². The summed E-state index contributed by atoms with van der Waals surface area (Å²) in [7, 11) is 0. The number of nitrogens with two attached hydrogens (primary N) is 1. The van der Waals surface area contributed by atoms with Crippen molar-refractivity contribution in [2.75, 3.05) is 0 Å². The van der Waals surface area contributed by atoms with Crippen molar-refractivity contribution in [3.8, 4) is 0 Å².